The van der Waals surface area contributed by atoms with E-state index in [0.717, 1.165) is 56.7 Å². The number of carbonyl (C=O) groups is 3. The average molecular weight is 543 g/mol. The van der Waals surface area contributed by atoms with Crippen molar-refractivity contribution in [2.75, 3.05) is 38.0 Å². The van der Waals surface area contributed by atoms with E-state index in [1.165, 1.54) is 23.5 Å². The average Bonchev–Trinajstić information content (AvgIpc) is 3.10. The van der Waals surface area contributed by atoms with Gasteiger partial charge in [0.1, 0.15) is 18.2 Å². The molecule has 1 unspecified atom stereocenters. The lowest BCUT2D eigenvalue weighted by atomic mass is 9.89. The molecule has 2 aromatic rings. The van der Waals surface area contributed by atoms with Crippen LogP contribution in [0.5, 0.6) is 0 Å². The molecule has 2 fully saturated rings. The molecule has 2 aromatic carbocycles. The van der Waals surface area contributed by atoms with Crippen LogP contribution in [0.3, 0.4) is 0 Å². The molecule has 2 aliphatic heterocycles. The molecule has 2 saturated heterocycles. The zero-order valence-corrected chi connectivity index (χ0v) is 22.6. The molecule has 210 valence electrons. The van der Waals surface area contributed by atoms with E-state index in [1.54, 1.807) is 13.8 Å². The number of anilines is 1. The van der Waals surface area contributed by atoms with Gasteiger partial charge in [-0.05, 0) is 94.1 Å². The highest BCUT2D eigenvalue weighted by atomic mass is 19.2. The maximum atomic E-state index is 13.9. The fourth-order valence-electron chi connectivity index (χ4n) is 5.54. The summed E-state index contributed by atoms with van der Waals surface area (Å²) in [5.74, 6) is -1.97. The number of hydrogen-bond acceptors (Lipinski definition) is 5. The van der Waals surface area contributed by atoms with Gasteiger partial charge >= 0.3 is 6.09 Å². The molecule has 4 rings (SSSR count). The Balaban J connectivity index is 1.22. The molecule has 0 spiro atoms. The number of nitrogens with one attached hydrogen (secondary N) is 2. The van der Waals surface area contributed by atoms with Gasteiger partial charge in [-0.1, -0.05) is 18.2 Å². The SMILES string of the molecule is CC(=O)Nc1cccc(C2CCN(CCCNC(=O)CN3C(=O)OC(C)(C)C3c3ccc(F)c(F)c3)CC2)c1. The topological polar surface area (TPSA) is 91.0 Å². The second kappa shape index (κ2) is 12.1. The Morgan fingerprint density at radius 2 is 1.79 bits per heavy atom. The van der Waals surface area contributed by atoms with E-state index in [0.29, 0.717) is 18.0 Å². The molecule has 2 N–H and O–H groups in total. The van der Waals surface area contributed by atoms with Gasteiger partial charge < -0.3 is 20.3 Å². The standard InChI is InChI=1S/C29H36F2N4O4/c1-19(36)33-23-7-4-6-21(16-23)20-10-14-34(15-11-20)13-5-12-32-26(37)18-35-27(29(2,3)39-28(35)38)22-8-9-24(30)25(31)17-22/h4,6-9,16-17,20,27H,5,10-15,18H2,1-3H3,(H,32,37)(H,33,36). The molecular weight excluding hydrogens is 506 g/mol. The minimum atomic E-state index is -1.02. The van der Waals surface area contributed by atoms with Crippen molar-refractivity contribution in [2.24, 2.45) is 0 Å². The molecule has 39 heavy (non-hydrogen) atoms. The van der Waals surface area contributed by atoms with E-state index in [1.807, 2.05) is 18.2 Å². The highest BCUT2D eigenvalue weighted by molar-refractivity contribution is 5.88. The number of ether oxygens (including phenoxy) is 1. The summed E-state index contributed by atoms with van der Waals surface area (Å²) in [6, 6.07) is 10.7. The third kappa shape index (κ3) is 7.11. The van der Waals surface area contributed by atoms with Crippen LogP contribution in [-0.2, 0) is 14.3 Å². The maximum Gasteiger partial charge on any atom is 0.411 e. The van der Waals surface area contributed by atoms with Gasteiger partial charge in [-0.3, -0.25) is 14.5 Å². The molecule has 0 aliphatic carbocycles. The molecule has 2 aliphatic rings. The Labute approximate surface area is 227 Å². The van der Waals surface area contributed by atoms with Gasteiger partial charge in [-0.15, -0.1) is 0 Å². The highest BCUT2D eigenvalue weighted by Gasteiger charge is 2.49. The smallest absolute Gasteiger partial charge is 0.411 e. The van der Waals surface area contributed by atoms with Gasteiger partial charge in [0.25, 0.3) is 0 Å². The Morgan fingerprint density at radius 3 is 2.49 bits per heavy atom. The van der Waals surface area contributed by atoms with Crippen LogP contribution in [0.15, 0.2) is 42.5 Å². The number of nitrogens with zero attached hydrogens (tertiary/aromatic N) is 2. The molecule has 8 nitrogen and oxygen atoms in total. The van der Waals surface area contributed by atoms with Crippen molar-refractivity contribution in [1.82, 2.24) is 15.1 Å². The molecule has 0 saturated carbocycles. The fourth-order valence-corrected chi connectivity index (χ4v) is 5.54. The van der Waals surface area contributed by atoms with Gasteiger partial charge in [-0.25, -0.2) is 13.6 Å². The third-order valence-electron chi connectivity index (χ3n) is 7.37. The number of hydrogen-bond donors (Lipinski definition) is 2. The number of likely N-dealkylation sites (tertiary alicyclic amines) is 1. The van der Waals surface area contributed by atoms with Crippen LogP contribution in [0, 0.1) is 11.6 Å². The molecule has 0 aromatic heterocycles. The Hall–Kier alpha value is -3.53. The summed E-state index contributed by atoms with van der Waals surface area (Å²) >= 11 is 0. The van der Waals surface area contributed by atoms with Crippen LogP contribution in [0.1, 0.15) is 63.1 Å². The van der Waals surface area contributed by atoms with E-state index >= 15 is 0 Å². The van der Waals surface area contributed by atoms with Crippen molar-refractivity contribution in [3.8, 4) is 0 Å². The minimum Gasteiger partial charge on any atom is -0.441 e. The first-order valence-corrected chi connectivity index (χ1v) is 13.3. The first kappa shape index (κ1) is 28.5. The number of amides is 3. The van der Waals surface area contributed by atoms with Gasteiger partial charge in [0.2, 0.25) is 11.8 Å². The minimum absolute atomic E-state index is 0.0821. The van der Waals surface area contributed by atoms with Crippen molar-refractivity contribution in [3.63, 3.8) is 0 Å². The number of rotatable bonds is 9. The molecule has 2 heterocycles. The van der Waals surface area contributed by atoms with Crippen molar-refractivity contribution in [3.05, 3.63) is 65.2 Å². The number of benzene rings is 2. The molecule has 0 bridgehead atoms. The zero-order valence-electron chi connectivity index (χ0n) is 22.6. The van der Waals surface area contributed by atoms with Gasteiger partial charge in [0.05, 0.1) is 0 Å². The Morgan fingerprint density at radius 1 is 1.05 bits per heavy atom. The fraction of sp³-hybridized carbons (Fsp3) is 0.483. The van der Waals surface area contributed by atoms with Crippen molar-refractivity contribution < 1.29 is 27.9 Å². The number of carbonyl (C=O) groups excluding carboxylic acids is 3. The summed E-state index contributed by atoms with van der Waals surface area (Å²) < 4.78 is 32.8. The van der Waals surface area contributed by atoms with Crippen molar-refractivity contribution >= 4 is 23.6 Å². The zero-order chi connectivity index (χ0) is 28.2. The number of cyclic esters (lactones) is 1. The summed E-state index contributed by atoms with van der Waals surface area (Å²) in [4.78, 5) is 40.2. The van der Waals surface area contributed by atoms with Crippen LogP contribution in [0.2, 0.25) is 0 Å². The predicted molar refractivity (Wildman–Crippen MR) is 143 cm³/mol. The van der Waals surface area contributed by atoms with Crippen LogP contribution >= 0.6 is 0 Å². The number of piperidine rings is 1. The van der Waals surface area contributed by atoms with E-state index in [9.17, 15) is 23.2 Å². The van der Waals surface area contributed by atoms with Gasteiger partial charge in [-0.2, -0.15) is 0 Å². The molecule has 10 heteroatoms. The lowest BCUT2D eigenvalue weighted by Crippen LogP contribution is -2.42. The van der Waals surface area contributed by atoms with Crippen molar-refractivity contribution in [2.45, 2.75) is 57.6 Å². The molecular formula is C29H36F2N4O4. The first-order chi connectivity index (χ1) is 18.5. The van der Waals surface area contributed by atoms with Gasteiger partial charge in [0.15, 0.2) is 11.6 Å². The summed E-state index contributed by atoms with van der Waals surface area (Å²) in [5, 5.41) is 5.70. The van der Waals surface area contributed by atoms with Crippen LogP contribution < -0.4 is 10.6 Å². The van der Waals surface area contributed by atoms with E-state index in [-0.39, 0.29) is 18.4 Å². The predicted octanol–water partition coefficient (Wildman–Crippen LogP) is 4.58. The third-order valence-corrected chi connectivity index (χ3v) is 7.37. The highest BCUT2D eigenvalue weighted by Crippen LogP contribution is 2.41. The second-order valence-electron chi connectivity index (χ2n) is 10.8. The summed E-state index contributed by atoms with van der Waals surface area (Å²) in [6.45, 7) is 7.82. The quantitative estimate of drug-likeness (QED) is 0.453. The van der Waals surface area contributed by atoms with E-state index < -0.39 is 29.4 Å². The Kier molecular flexibility index (Phi) is 8.84. The summed E-state index contributed by atoms with van der Waals surface area (Å²) in [5.41, 5.74) is 1.40. The van der Waals surface area contributed by atoms with Crippen LogP contribution in [0.4, 0.5) is 19.3 Å². The summed E-state index contributed by atoms with van der Waals surface area (Å²) in [6.07, 6.45) is 2.13. The lowest BCUT2D eigenvalue weighted by Gasteiger charge is -2.32. The molecule has 1 atom stereocenters. The van der Waals surface area contributed by atoms with E-state index in [2.05, 4.69) is 21.6 Å². The van der Waals surface area contributed by atoms with Gasteiger partial charge in [0, 0.05) is 19.2 Å². The molecule has 3 amide bonds. The first-order valence-electron chi connectivity index (χ1n) is 13.3. The summed E-state index contributed by atoms with van der Waals surface area (Å²) in [7, 11) is 0. The largest absolute Gasteiger partial charge is 0.441 e. The van der Waals surface area contributed by atoms with Crippen molar-refractivity contribution in [1.29, 1.82) is 0 Å². The Bertz CT molecular complexity index is 1210. The number of halogens is 2. The normalized spacial score (nSPS) is 19.6. The van der Waals surface area contributed by atoms with Crippen LogP contribution in [0.25, 0.3) is 0 Å². The molecule has 0 radical (unpaired) electrons. The lowest BCUT2D eigenvalue weighted by molar-refractivity contribution is -0.122. The van der Waals surface area contributed by atoms with E-state index in [4.69, 9.17) is 4.74 Å². The maximum absolute atomic E-state index is 13.9. The van der Waals surface area contributed by atoms with Crippen LogP contribution in [-0.4, -0.2) is 66.0 Å². The monoisotopic (exact) mass is 542 g/mol. The second-order valence-corrected chi connectivity index (χ2v) is 10.8.